The molecule has 0 saturated heterocycles. The number of carboxylic acids is 1. The van der Waals surface area contributed by atoms with Gasteiger partial charge in [-0.1, -0.05) is 69.8 Å². The number of aliphatic hydroxyl groups is 1. The highest BCUT2D eigenvalue weighted by atomic mass is 16.4. The van der Waals surface area contributed by atoms with Crippen molar-refractivity contribution in [2.45, 2.75) is 83.7 Å². The van der Waals surface area contributed by atoms with Crippen molar-refractivity contribution in [2.75, 3.05) is 0 Å². The van der Waals surface area contributed by atoms with Crippen molar-refractivity contribution < 1.29 is 15.0 Å². The van der Waals surface area contributed by atoms with Gasteiger partial charge in [0.15, 0.2) is 0 Å². The fraction of sp³-hybridized carbons (Fsp3) is 0.722. The Morgan fingerprint density at radius 2 is 1.76 bits per heavy atom. The first-order valence-electron chi connectivity index (χ1n) is 8.38. The number of aliphatic hydroxyl groups excluding tert-OH is 1. The molecule has 0 saturated carbocycles. The van der Waals surface area contributed by atoms with Crippen molar-refractivity contribution in [1.82, 2.24) is 0 Å². The molecule has 0 aromatic carbocycles. The lowest BCUT2D eigenvalue weighted by atomic mass is 10.1. The van der Waals surface area contributed by atoms with E-state index in [1.165, 1.54) is 12.8 Å². The van der Waals surface area contributed by atoms with Crippen LogP contribution in [0.3, 0.4) is 0 Å². The van der Waals surface area contributed by atoms with Crippen LogP contribution in [0.1, 0.15) is 77.6 Å². The molecular formula is C18H31O3-. The largest absolute Gasteiger partial charge is 0.550 e. The molecule has 0 amide bonds. The fourth-order valence-electron chi connectivity index (χ4n) is 2.13. The van der Waals surface area contributed by atoms with Crippen molar-refractivity contribution in [2.24, 2.45) is 0 Å². The van der Waals surface area contributed by atoms with Gasteiger partial charge in [-0.3, -0.25) is 0 Å². The van der Waals surface area contributed by atoms with E-state index < -0.39 is 5.97 Å². The van der Waals surface area contributed by atoms with Crippen molar-refractivity contribution in [1.29, 1.82) is 0 Å². The van der Waals surface area contributed by atoms with Gasteiger partial charge in [-0.05, 0) is 32.1 Å². The number of carbonyl (C=O) groups excluding carboxylic acids is 1. The van der Waals surface area contributed by atoms with Gasteiger partial charge in [-0.15, -0.1) is 0 Å². The quantitative estimate of drug-likeness (QED) is 0.394. The minimum Gasteiger partial charge on any atom is -0.550 e. The maximum Gasteiger partial charge on any atom is 0.0723 e. The number of rotatable bonds is 14. The van der Waals surface area contributed by atoms with E-state index in [1.54, 1.807) is 0 Å². The summed E-state index contributed by atoms with van der Waals surface area (Å²) in [6, 6.07) is 0. The Morgan fingerprint density at radius 3 is 2.48 bits per heavy atom. The zero-order valence-corrected chi connectivity index (χ0v) is 13.4. The lowest BCUT2D eigenvalue weighted by molar-refractivity contribution is -0.305. The van der Waals surface area contributed by atoms with E-state index in [-0.39, 0.29) is 12.5 Å². The van der Waals surface area contributed by atoms with Gasteiger partial charge in [0.05, 0.1) is 6.10 Å². The Balaban J connectivity index is 3.37. The van der Waals surface area contributed by atoms with Crippen molar-refractivity contribution >= 4 is 5.97 Å². The highest BCUT2D eigenvalue weighted by Gasteiger charge is 1.96. The van der Waals surface area contributed by atoms with Crippen LogP contribution in [0.2, 0.25) is 0 Å². The third kappa shape index (κ3) is 16.9. The van der Waals surface area contributed by atoms with E-state index in [0.29, 0.717) is 0 Å². The summed E-state index contributed by atoms with van der Waals surface area (Å²) in [5.41, 5.74) is 0. The van der Waals surface area contributed by atoms with Gasteiger partial charge < -0.3 is 15.0 Å². The normalized spacial score (nSPS) is 13.2. The molecule has 1 atom stereocenters. The zero-order valence-electron chi connectivity index (χ0n) is 13.4. The predicted molar refractivity (Wildman–Crippen MR) is 85.8 cm³/mol. The topological polar surface area (TPSA) is 60.4 Å². The molecule has 21 heavy (non-hydrogen) atoms. The van der Waals surface area contributed by atoms with Crippen LogP contribution < -0.4 is 5.11 Å². The number of allylic oxidation sites excluding steroid dienone is 3. The van der Waals surface area contributed by atoms with Crippen LogP contribution in [0.25, 0.3) is 0 Å². The number of carboxylic acid groups (broad SMARTS) is 1. The summed E-state index contributed by atoms with van der Waals surface area (Å²) < 4.78 is 0. The summed E-state index contributed by atoms with van der Waals surface area (Å²) in [5, 5.41) is 19.9. The average Bonchev–Trinajstić information content (AvgIpc) is 2.44. The summed E-state index contributed by atoms with van der Waals surface area (Å²) in [6.07, 6.45) is 18.2. The molecule has 0 rings (SSSR count). The second kappa shape index (κ2) is 15.3. The zero-order chi connectivity index (χ0) is 15.8. The summed E-state index contributed by atoms with van der Waals surface area (Å²) >= 11 is 0. The maximum atomic E-state index is 10.2. The first-order chi connectivity index (χ1) is 10.2. The molecule has 3 heteroatoms. The molecule has 0 bridgehead atoms. The standard InChI is InChI=1S/C18H32O3/c1-2-3-11-14-17(19)15-12-9-7-5-4-6-8-10-13-16-18(20)21/h7,9,12,15,17,19H,2-6,8,10-11,13-14,16H2,1H3,(H,20,21)/p-1/b9-7-,15-12+. The molecule has 0 fully saturated rings. The van der Waals surface area contributed by atoms with E-state index in [2.05, 4.69) is 13.0 Å². The molecule has 1 N–H and O–H groups in total. The second-order valence-electron chi connectivity index (χ2n) is 5.55. The van der Waals surface area contributed by atoms with E-state index in [9.17, 15) is 15.0 Å². The van der Waals surface area contributed by atoms with Crippen molar-refractivity contribution in [3.63, 3.8) is 0 Å². The molecule has 0 aliphatic heterocycles. The predicted octanol–water partition coefficient (Wildman–Crippen LogP) is 3.52. The highest BCUT2D eigenvalue weighted by molar-refractivity contribution is 5.63. The first-order valence-corrected chi connectivity index (χ1v) is 8.38. The van der Waals surface area contributed by atoms with E-state index in [0.717, 1.165) is 51.4 Å². The van der Waals surface area contributed by atoms with Gasteiger partial charge in [0.25, 0.3) is 0 Å². The Kier molecular flexibility index (Phi) is 14.5. The SMILES string of the molecule is CCCCCC(O)/C=C/C=C\CCCCCCCC(=O)[O-]. The van der Waals surface area contributed by atoms with Gasteiger partial charge in [0.2, 0.25) is 0 Å². The summed E-state index contributed by atoms with van der Waals surface area (Å²) in [7, 11) is 0. The molecule has 0 aliphatic rings. The van der Waals surface area contributed by atoms with Crippen LogP contribution in [-0.4, -0.2) is 17.2 Å². The second-order valence-corrected chi connectivity index (χ2v) is 5.55. The van der Waals surface area contributed by atoms with Crippen LogP contribution in [-0.2, 0) is 4.79 Å². The molecule has 0 aliphatic carbocycles. The first kappa shape index (κ1) is 19.9. The van der Waals surface area contributed by atoms with Crippen LogP contribution in [0.5, 0.6) is 0 Å². The Bertz CT molecular complexity index is 295. The Labute approximate surface area is 129 Å². The van der Waals surface area contributed by atoms with Crippen LogP contribution in [0, 0.1) is 0 Å². The minimum absolute atomic E-state index is 0.186. The Hall–Kier alpha value is -1.09. The van der Waals surface area contributed by atoms with Gasteiger partial charge in [-0.2, -0.15) is 0 Å². The molecule has 0 aromatic heterocycles. The van der Waals surface area contributed by atoms with Crippen molar-refractivity contribution in [3.05, 3.63) is 24.3 Å². The summed E-state index contributed by atoms with van der Waals surface area (Å²) in [4.78, 5) is 10.2. The van der Waals surface area contributed by atoms with Crippen LogP contribution in [0.15, 0.2) is 24.3 Å². The van der Waals surface area contributed by atoms with Gasteiger partial charge in [-0.25, -0.2) is 0 Å². The molecule has 3 nitrogen and oxygen atoms in total. The molecule has 0 radical (unpaired) electrons. The molecule has 122 valence electrons. The molecule has 0 spiro atoms. The summed E-state index contributed by atoms with van der Waals surface area (Å²) in [5.74, 6) is -0.943. The third-order valence-electron chi connectivity index (χ3n) is 3.44. The van der Waals surface area contributed by atoms with Crippen LogP contribution in [0.4, 0.5) is 0 Å². The number of unbranched alkanes of at least 4 members (excludes halogenated alkanes) is 7. The smallest absolute Gasteiger partial charge is 0.0723 e. The third-order valence-corrected chi connectivity index (χ3v) is 3.44. The number of hydrogen-bond acceptors (Lipinski definition) is 3. The van der Waals surface area contributed by atoms with E-state index in [4.69, 9.17) is 0 Å². The minimum atomic E-state index is -0.943. The summed E-state index contributed by atoms with van der Waals surface area (Å²) in [6.45, 7) is 2.16. The fourth-order valence-corrected chi connectivity index (χ4v) is 2.13. The van der Waals surface area contributed by atoms with Crippen LogP contribution >= 0.6 is 0 Å². The maximum absolute atomic E-state index is 10.2. The van der Waals surface area contributed by atoms with Gasteiger partial charge in [0, 0.05) is 5.97 Å². The highest BCUT2D eigenvalue weighted by Crippen LogP contribution is 2.07. The number of aliphatic carboxylic acids is 1. The van der Waals surface area contributed by atoms with Crippen molar-refractivity contribution in [3.8, 4) is 0 Å². The lowest BCUT2D eigenvalue weighted by Gasteiger charge is -2.03. The molecule has 0 heterocycles. The van der Waals surface area contributed by atoms with Gasteiger partial charge >= 0.3 is 0 Å². The Morgan fingerprint density at radius 1 is 1.05 bits per heavy atom. The molecule has 0 aromatic rings. The molecular weight excluding hydrogens is 264 g/mol. The monoisotopic (exact) mass is 295 g/mol. The average molecular weight is 295 g/mol. The number of hydrogen-bond donors (Lipinski definition) is 1. The molecule has 1 unspecified atom stereocenters. The number of carbonyl (C=O) groups is 1. The lowest BCUT2D eigenvalue weighted by Crippen LogP contribution is -2.21. The van der Waals surface area contributed by atoms with Gasteiger partial charge in [0.1, 0.15) is 0 Å². The van der Waals surface area contributed by atoms with E-state index in [1.807, 2.05) is 18.2 Å². The van der Waals surface area contributed by atoms with E-state index >= 15 is 0 Å².